The zero-order valence-corrected chi connectivity index (χ0v) is 11.2. The molecule has 0 N–H and O–H groups in total. The van der Waals surface area contributed by atoms with E-state index in [1.165, 1.54) is 29.1 Å². The summed E-state index contributed by atoms with van der Waals surface area (Å²) in [5.41, 5.74) is 2.64. The van der Waals surface area contributed by atoms with Gasteiger partial charge in [-0.3, -0.25) is 0 Å². The minimum Gasteiger partial charge on any atom is -0.246 e. The average Bonchev–Trinajstić information content (AvgIpc) is 3.01. The molecule has 16 heavy (non-hydrogen) atoms. The van der Waals surface area contributed by atoms with Crippen LogP contribution < -0.4 is 0 Å². The normalized spacial score (nSPS) is 15.3. The van der Waals surface area contributed by atoms with Gasteiger partial charge in [0.1, 0.15) is 0 Å². The third-order valence-corrected chi connectivity index (χ3v) is 4.17. The molecule has 0 unspecified atom stereocenters. The van der Waals surface area contributed by atoms with E-state index in [-0.39, 0.29) is 0 Å². The van der Waals surface area contributed by atoms with Crippen molar-refractivity contribution in [2.45, 2.75) is 25.2 Å². The fraction of sp³-hybridized carbons (Fsp3) is 0.308. The fourth-order valence-corrected chi connectivity index (χ4v) is 3.15. The molecular formula is C13H12BrNS. The second-order valence-electron chi connectivity index (χ2n) is 4.25. The molecule has 0 aliphatic heterocycles. The van der Waals surface area contributed by atoms with Crippen LogP contribution in [0.5, 0.6) is 0 Å². The summed E-state index contributed by atoms with van der Waals surface area (Å²) >= 11 is 5.29. The first kappa shape index (κ1) is 10.5. The SMILES string of the molecule is Brc1cccc(Cc2nc(C3CC3)cs2)c1. The summed E-state index contributed by atoms with van der Waals surface area (Å²) in [5.74, 6) is 0.771. The first-order valence-corrected chi connectivity index (χ1v) is 7.17. The second-order valence-corrected chi connectivity index (χ2v) is 6.11. The molecule has 3 rings (SSSR count). The van der Waals surface area contributed by atoms with Gasteiger partial charge in [0.25, 0.3) is 0 Å². The Kier molecular flexibility index (Phi) is 2.82. The standard InChI is InChI=1S/C13H12BrNS/c14-11-3-1-2-9(6-11)7-13-15-12(8-16-13)10-4-5-10/h1-3,6,8,10H,4-5,7H2. The van der Waals surface area contributed by atoms with Crippen LogP contribution in [0.3, 0.4) is 0 Å². The fourth-order valence-electron chi connectivity index (χ4n) is 1.79. The predicted molar refractivity (Wildman–Crippen MR) is 71.0 cm³/mol. The van der Waals surface area contributed by atoms with Gasteiger partial charge in [-0.25, -0.2) is 4.98 Å². The lowest BCUT2D eigenvalue weighted by atomic mass is 10.2. The lowest BCUT2D eigenvalue weighted by Crippen LogP contribution is -1.88. The number of hydrogen-bond donors (Lipinski definition) is 0. The summed E-state index contributed by atoms with van der Waals surface area (Å²) in [6.07, 6.45) is 3.62. The highest BCUT2D eigenvalue weighted by Gasteiger charge is 2.25. The lowest BCUT2D eigenvalue weighted by Gasteiger charge is -1.98. The minimum atomic E-state index is 0.771. The number of thiazole rings is 1. The lowest BCUT2D eigenvalue weighted by molar-refractivity contribution is 1.01. The van der Waals surface area contributed by atoms with Crippen molar-refractivity contribution in [1.29, 1.82) is 0 Å². The van der Waals surface area contributed by atoms with Crippen LogP contribution in [0, 0.1) is 0 Å². The number of rotatable bonds is 3. The van der Waals surface area contributed by atoms with Gasteiger partial charge in [0.05, 0.1) is 10.7 Å². The van der Waals surface area contributed by atoms with E-state index in [1.54, 1.807) is 11.3 Å². The number of benzene rings is 1. The Morgan fingerprint density at radius 2 is 2.25 bits per heavy atom. The summed E-state index contributed by atoms with van der Waals surface area (Å²) in [5, 5.41) is 3.46. The maximum atomic E-state index is 4.70. The molecule has 0 bridgehead atoms. The summed E-state index contributed by atoms with van der Waals surface area (Å²) in [7, 11) is 0. The highest BCUT2D eigenvalue weighted by atomic mass is 79.9. The number of hydrogen-bond acceptors (Lipinski definition) is 2. The summed E-state index contributed by atoms with van der Waals surface area (Å²) < 4.78 is 1.14. The Morgan fingerprint density at radius 1 is 1.38 bits per heavy atom. The minimum absolute atomic E-state index is 0.771. The highest BCUT2D eigenvalue weighted by molar-refractivity contribution is 9.10. The summed E-state index contributed by atoms with van der Waals surface area (Å²) in [6, 6.07) is 8.46. The molecule has 1 fully saturated rings. The van der Waals surface area contributed by atoms with Crippen LogP contribution in [0.4, 0.5) is 0 Å². The number of nitrogens with zero attached hydrogens (tertiary/aromatic N) is 1. The van der Waals surface area contributed by atoms with Gasteiger partial charge in [0.15, 0.2) is 0 Å². The van der Waals surface area contributed by atoms with Crippen LogP contribution in [-0.4, -0.2) is 4.98 Å². The van der Waals surface area contributed by atoms with Crippen molar-refractivity contribution < 1.29 is 0 Å². The molecule has 0 radical (unpaired) electrons. The molecule has 1 aromatic heterocycles. The van der Waals surface area contributed by atoms with Crippen molar-refractivity contribution >= 4 is 27.3 Å². The van der Waals surface area contributed by atoms with Gasteiger partial charge in [-0.05, 0) is 30.5 Å². The molecule has 1 saturated carbocycles. The van der Waals surface area contributed by atoms with Gasteiger partial charge >= 0.3 is 0 Å². The molecule has 2 aromatic rings. The molecule has 0 spiro atoms. The molecule has 82 valence electrons. The quantitative estimate of drug-likeness (QED) is 0.819. The van der Waals surface area contributed by atoms with E-state index in [1.807, 2.05) is 0 Å². The van der Waals surface area contributed by atoms with Crippen molar-refractivity contribution in [3.05, 3.63) is 50.4 Å². The van der Waals surface area contributed by atoms with Gasteiger partial charge < -0.3 is 0 Å². The third-order valence-electron chi connectivity index (χ3n) is 2.81. The van der Waals surface area contributed by atoms with Gasteiger partial charge in [-0.1, -0.05) is 28.1 Å². The van der Waals surface area contributed by atoms with E-state index < -0.39 is 0 Å². The van der Waals surface area contributed by atoms with Crippen molar-refractivity contribution in [2.24, 2.45) is 0 Å². The Bertz CT molecular complexity index is 502. The van der Waals surface area contributed by atoms with Crippen molar-refractivity contribution in [1.82, 2.24) is 4.98 Å². The molecule has 0 saturated heterocycles. The largest absolute Gasteiger partial charge is 0.246 e. The molecule has 0 amide bonds. The molecule has 1 nitrogen and oxygen atoms in total. The molecule has 1 aliphatic carbocycles. The molecule has 0 atom stereocenters. The molecule has 3 heteroatoms. The van der Waals surface area contributed by atoms with Gasteiger partial charge in [0, 0.05) is 22.2 Å². The van der Waals surface area contributed by atoms with E-state index >= 15 is 0 Å². The Labute approximate surface area is 108 Å². The van der Waals surface area contributed by atoms with Crippen LogP contribution in [-0.2, 0) is 6.42 Å². The van der Waals surface area contributed by atoms with Crippen LogP contribution in [0.25, 0.3) is 0 Å². The van der Waals surface area contributed by atoms with E-state index in [0.29, 0.717) is 0 Å². The smallest absolute Gasteiger partial charge is 0.0972 e. The Morgan fingerprint density at radius 3 is 3.00 bits per heavy atom. The van der Waals surface area contributed by atoms with Crippen LogP contribution >= 0.6 is 27.3 Å². The predicted octanol–water partition coefficient (Wildman–Crippen LogP) is 4.37. The van der Waals surface area contributed by atoms with Gasteiger partial charge in [0.2, 0.25) is 0 Å². The molecular weight excluding hydrogens is 282 g/mol. The van der Waals surface area contributed by atoms with E-state index in [9.17, 15) is 0 Å². The zero-order valence-electron chi connectivity index (χ0n) is 8.82. The number of halogens is 1. The van der Waals surface area contributed by atoms with Crippen molar-refractivity contribution in [3.63, 3.8) is 0 Å². The Hall–Kier alpha value is -0.670. The van der Waals surface area contributed by atoms with Gasteiger partial charge in [-0.2, -0.15) is 0 Å². The monoisotopic (exact) mass is 293 g/mol. The van der Waals surface area contributed by atoms with Crippen LogP contribution in [0.1, 0.15) is 35.0 Å². The molecule has 1 aromatic carbocycles. The van der Waals surface area contributed by atoms with Gasteiger partial charge in [-0.15, -0.1) is 11.3 Å². The molecule has 1 aliphatic rings. The topological polar surface area (TPSA) is 12.9 Å². The average molecular weight is 294 g/mol. The van der Waals surface area contributed by atoms with Crippen LogP contribution in [0.15, 0.2) is 34.1 Å². The van der Waals surface area contributed by atoms with Crippen molar-refractivity contribution in [2.75, 3.05) is 0 Å². The summed E-state index contributed by atoms with van der Waals surface area (Å²) in [6.45, 7) is 0. The first-order valence-electron chi connectivity index (χ1n) is 5.50. The number of aromatic nitrogens is 1. The van der Waals surface area contributed by atoms with Crippen LogP contribution in [0.2, 0.25) is 0 Å². The second kappa shape index (κ2) is 4.30. The molecule has 1 heterocycles. The van der Waals surface area contributed by atoms with E-state index in [0.717, 1.165) is 16.8 Å². The zero-order chi connectivity index (χ0) is 11.0. The van der Waals surface area contributed by atoms with E-state index in [4.69, 9.17) is 4.98 Å². The Balaban J connectivity index is 1.77. The third kappa shape index (κ3) is 2.36. The highest BCUT2D eigenvalue weighted by Crippen LogP contribution is 2.40. The van der Waals surface area contributed by atoms with Crippen molar-refractivity contribution in [3.8, 4) is 0 Å². The maximum Gasteiger partial charge on any atom is 0.0972 e. The summed E-state index contributed by atoms with van der Waals surface area (Å²) in [4.78, 5) is 4.70. The van der Waals surface area contributed by atoms with E-state index in [2.05, 4.69) is 45.6 Å². The first-order chi connectivity index (χ1) is 7.81. The maximum absolute atomic E-state index is 4.70.